The highest BCUT2D eigenvalue weighted by Gasteiger charge is 2.24. The van der Waals surface area contributed by atoms with E-state index in [4.69, 9.17) is 4.42 Å². The molecule has 2 amide bonds. The molecule has 2 aromatic heterocycles. The van der Waals surface area contributed by atoms with E-state index in [-0.39, 0.29) is 17.6 Å². The average molecular weight is 382 g/mol. The van der Waals surface area contributed by atoms with Gasteiger partial charge in [0.2, 0.25) is 0 Å². The third kappa shape index (κ3) is 3.68. The van der Waals surface area contributed by atoms with Crippen LogP contribution in [-0.2, 0) is 7.05 Å². The van der Waals surface area contributed by atoms with Crippen molar-refractivity contribution in [3.63, 3.8) is 0 Å². The summed E-state index contributed by atoms with van der Waals surface area (Å²) in [5.74, 6) is 1.00. The predicted molar refractivity (Wildman–Crippen MR) is 106 cm³/mol. The first-order chi connectivity index (χ1) is 13.5. The molecule has 0 radical (unpaired) electrons. The van der Waals surface area contributed by atoms with Crippen molar-refractivity contribution in [3.8, 4) is 0 Å². The molecule has 1 aromatic carbocycles. The van der Waals surface area contributed by atoms with Crippen LogP contribution in [0.3, 0.4) is 0 Å². The molecule has 1 saturated heterocycles. The Labute approximate surface area is 161 Å². The highest BCUT2D eigenvalue weighted by Crippen LogP contribution is 2.20. The van der Waals surface area contributed by atoms with Gasteiger partial charge in [0, 0.05) is 51.2 Å². The number of nitrogens with one attached hydrogen (secondary N) is 2. The van der Waals surface area contributed by atoms with Gasteiger partial charge in [-0.15, -0.1) is 0 Å². The molecule has 1 unspecified atom stereocenters. The van der Waals surface area contributed by atoms with Gasteiger partial charge in [-0.2, -0.15) is 0 Å². The van der Waals surface area contributed by atoms with Gasteiger partial charge in [0.25, 0.3) is 5.56 Å². The first kappa shape index (κ1) is 18.0. The Bertz CT molecular complexity index is 1070. The average Bonchev–Trinajstić information content (AvgIpc) is 3.03. The van der Waals surface area contributed by atoms with Crippen LogP contribution in [0.5, 0.6) is 0 Å². The number of oxazole rings is 1. The number of carbonyl (C=O) groups is 1. The Morgan fingerprint density at radius 3 is 3.07 bits per heavy atom. The molecule has 0 bridgehead atoms. The zero-order chi connectivity index (χ0) is 19.7. The molecule has 9 nitrogen and oxygen atoms in total. The number of amides is 2. The molecule has 1 atom stereocenters. The lowest BCUT2D eigenvalue weighted by molar-refractivity contribution is 0.246. The number of aryl methyl sites for hydroxylation is 2. The summed E-state index contributed by atoms with van der Waals surface area (Å²) in [4.78, 5) is 35.1. The first-order valence-corrected chi connectivity index (χ1v) is 9.21. The Morgan fingerprint density at radius 2 is 2.21 bits per heavy atom. The molecule has 4 rings (SSSR count). The largest absolute Gasteiger partial charge is 0.441 e. The lowest BCUT2D eigenvalue weighted by Gasteiger charge is -2.33. The molecular weight excluding hydrogens is 360 g/mol. The highest BCUT2D eigenvalue weighted by atomic mass is 16.3. The number of piperidine rings is 1. The van der Waals surface area contributed by atoms with Crippen molar-refractivity contribution in [1.29, 1.82) is 0 Å². The van der Waals surface area contributed by atoms with Crippen LogP contribution in [0.2, 0.25) is 0 Å². The number of rotatable bonds is 3. The first-order valence-electron chi connectivity index (χ1n) is 9.21. The van der Waals surface area contributed by atoms with Crippen molar-refractivity contribution >= 4 is 28.6 Å². The van der Waals surface area contributed by atoms with Gasteiger partial charge in [-0.25, -0.2) is 14.8 Å². The number of benzene rings is 1. The summed E-state index contributed by atoms with van der Waals surface area (Å²) in [7, 11) is 1.70. The molecule has 1 aliphatic heterocycles. The fraction of sp³-hybridized carbons (Fsp3) is 0.368. The lowest BCUT2D eigenvalue weighted by atomic mass is 10.1. The number of anilines is 2. The summed E-state index contributed by atoms with van der Waals surface area (Å²) in [6.45, 7) is 3.07. The normalized spacial score (nSPS) is 16.9. The summed E-state index contributed by atoms with van der Waals surface area (Å²) < 4.78 is 6.95. The smallest absolute Gasteiger partial charge is 0.319 e. The molecular formula is C19H22N6O3. The van der Waals surface area contributed by atoms with Gasteiger partial charge in [-0.05, 0) is 31.0 Å². The van der Waals surface area contributed by atoms with Crippen LogP contribution in [0.4, 0.5) is 16.3 Å². The van der Waals surface area contributed by atoms with E-state index in [1.165, 1.54) is 4.57 Å². The van der Waals surface area contributed by atoms with Gasteiger partial charge in [0.05, 0.1) is 0 Å². The van der Waals surface area contributed by atoms with Crippen molar-refractivity contribution in [2.75, 3.05) is 23.3 Å². The second-order valence-electron chi connectivity index (χ2n) is 6.97. The van der Waals surface area contributed by atoms with Gasteiger partial charge < -0.3 is 24.5 Å². The number of urea groups is 1. The van der Waals surface area contributed by atoms with Crippen LogP contribution in [0.1, 0.15) is 18.7 Å². The van der Waals surface area contributed by atoms with E-state index in [2.05, 4.69) is 20.6 Å². The van der Waals surface area contributed by atoms with Gasteiger partial charge in [-0.3, -0.25) is 4.79 Å². The third-order valence-corrected chi connectivity index (χ3v) is 4.81. The van der Waals surface area contributed by atoms with Crippen LogP contribution in [-0.4, -0.2) is 39.7 Å². The van der Waals surface area contributed by atoms with E-state index in [1.54, 1.807) is 44.6 Å². The van der Waals surface area contributed by atoms with Crippen LogP contribution in [0.15, 0.2) is 39.8 Å². The van der Waals surface area contributed by atoms with E-state index in [0.717, 1.165) is 19.4 Å². The number of aromatic nitrogens is 3. The monoisotopic (exact) mass is 382 g/mol. The minimum absolute atomic E-state index is 0.0708. The van der Waals surface area contributed by atoms with Crippen molar-refractivity contribution < 1.29 is 9.21 Å². The summed E-state index contributed by atoms with van der Waals surface area (Å²) in [5.41, 5.74) is 1.89. The molecule has 2 N–H and O–H groups in total. The summed E-state index contributed by atoms with van der Waals surface area (Å²) in [6, 6.07) is 4.97. The van der Waals surface area contributed by atoms with E-state index in [1.807, 2.05) is 4.90 Å². The van der Waals surface area contributed by atoms with Crippen molar-refractivity contribution in [2.45, 2.75) is 25.8 Å². The van der Waals surface area contributed by atoms with Crippen LogP contribution < -0.4 is 21.1 Å². The van der Waals surface area contributed by atoms with Crippen LogP contribution in [0.25, 0.3) is 11.1 Å². The molecule has 146 valence electrons. The molecule has 0 saturated carbocycles. The summed E-state index contributed by atoms with van der Waals surface area (Å²) in [6.07, 6.45) is 4.96. The maximum atomic E-state index is 12.4. The Balaban J connectivity index is 1.40. The second kappa shape index (κ2) is 7.34. The molecule has 3 aromatic rings. The molecule has 0 spiro atoms. The number of carbonyl (C=O) groups excluding carboxylic acids is 1. The summed E-state index contributed by atoms with van der Waals surface area (Å²) in [5, 5.41) is 5.82. The van der Waals surface area contributed by atoms with Crippen molar-refractivity contribution in [2.24, 2.45) is 7.05 Å². The SMILES string of the molecule is Cc1nc2cc(NC(=O)NC3CCCN(c4nccn(C)c4=O)C3)ccc2o1. The number of hydrogen-bond acceptors (Lipinski definition) is 6. The molecule has 1 aliphatic rings. The predicted octanol–water partition coefficient (Wildman–Crippen LogP) is 2.02. The fourth-order valence-electron chi connectivity index (χ4n) is 3.46. The summed E-state index contributed by atoms with van der Waals surface area (Å²) >= 11 is 0. The Hall–Kier alpha value is -3.36. The molecule has 1 fully saturated rings. The third-order valence-electron chi connectivity index (χ3n) is 4.81. The molecule has 0 aliphatic carbocycles. The van der Waals surface area contributed by atoms with Crippen molar-refractivity contribution in [1.82, 2.24) is 19.9 Å². The Kier molecular flexibility index (Phi) is 4.72. The quantitative estimate of drug-likeness (QED) is 0.718. The topological polar surface area (TPSA) is 105 Å². The zero-order valence-electron chi connectivity index (χ0n) is 15.8. The number of nitrogens with zero attached hydrogens (tertiary/aromatic N) is 4. The van der Waals surface area contributed by atoms with Gasteiger partial charge in [-0.1, -0.05) is 0 Å². The fourth-order valence-corrected chi connectivity index (χ4v) is 3.46. The maximum Gasteiger partial charge on any atom is 0.319 e. The number of fused-ring (bicyclic) bond motifs is 1. The van der Waals surface area contributed by atoms with E-state index in [0.29, 0.717) is 35.0 Å². The number of hydrogen-bond donors (Lipinski definition) is 2. The highest BCUT2D eigenvalue weighted by molar-refractivity contribution is 5.91. The zero-order valence-corrected chi connectivity index (χ0v) is 15.8. The van der Waals surface area contributed by atoms with Gasteiger partial charge >= 0.3 is 6.03 Å². The minimum Gasteiger partial charge on any atom is -0.441 e. The minimum atomic E-state index is -0.291. The second-order valence-corrected chi connectivity index (χ2v) is 6.97. The Morgan fingerprint density at radius 1 is 1.36 bits per heavy atom. The van der Waals surface area contributed by atoms with Crippen LogP contribution in [0, 0.1) is 6.92 Å². The van der Waals surface area contributed by atoms with E-state index >= 15 is 0 Å². The lowest BCUT2D eigenvalue weighted by Crippen LogP contribution is -2.50. The van der Waals surface area contributed by atoms with E-state index < -0.39 is 0 Å². The van der Waals surface area contributed by atoms with Gasteiger partial charge in [0.15, 0.2) is 17.3 Å². The maximum absolute atomic E-state index is 12.4. The van der Waals surface area contributed by atoms with Gasteiger partial charge in [0.1, 0.15) is 5.52 Å². The molecule has 3 heterocycles. The molecule has 28 heavy (non-hydrogen) atoms. The van der Waals surface area contributed by atoms with Crippen molar-refractivity contribution in [3.05, 3.63) is 46.8 Å². The van der Waals surface area contributed by atoms with Crippen LogP contribution >= 0.6 is 0 Å². The van der Waals surface area contributed by atoms with E-state index in [9.17, 15) is 9.59 Å². The molecule has 9 heteroatoms. The standard InChI is InChI=1S/C19H22N6O3/c1-12-21-15-10-13(5-6-16(15)28-12)22-19(27)23-14-4-3-8-25(11-14)17-18(26)24(2)9-7-20-17/h5-7,9-10,14H,3-4,8,11H2,1-2H3,(H2,22,23,27).